The van der Waals surface area contributed by atoms with Gasteiger partial charge in [0, 0.05) is 25.2 Å². The molecule has 2 N–H and O–H groups in total. The van der Waals surface area contributed by atoms with Crippen LogP contribution in [0.2, 0.25) is 0 Å². The number of amides is 2. The van der Waals surface area contributed by atoms with Crippen molar-refractivity contribution < 1.29 is 14.7 Å². The maximum atomic E-state index is 12.7. The molecule has 0 radical (unpaired) electrons. The average Bonchev–Trinajstić information content (AvgIpc) is 3.09. The molecule has 5 atom stereocenters. The van der Waals surface area contributed by atoms with Crippen LogP contribution in [0.15, 0.2) is 0 Å². The Labute approximate surface area is 150 Å². The van der Waals surface area contributed by atoms with Crippen LogP contribution in [0.4, 0.5) is 4.79 Å². The molecule has 1 aliphatic heterocycles. The number of likely N-dealkylation sites (N-methyl/N-ethyl adjacent to an activating group) is 1. The molecule has 0 aromatic rings. The number of likely N-dealkylation sites (tertiary alicyclic amines) is 1. The standard InChI is InChI=1S/C19H33N3O3/c1-13(17-11-14-5-6-15(17)10-14)20-19(25)22-8-3-4-16(7-9-22)21(2)12-18(23)24/h13-17H,3-12H2,1-2H3,(H,20,25)(H,23,24). The third kappa shape index (κ3) is 4.46. The third-order valence-electron chi connectivity index (χ3n) is 6.78. The lowest BCUT2D eigenvalue weighted by molar-refractivity contribution is -0.138. The highest BCUT2D eigenvalue weighted by Crippen LogP contribution is 2.49. The van der Waals surface area contributed by atoms with E-state index in [1.807, 2.05) is 16.8 Å². The van der Waals surface area contributed by atoms with E-state index in [1.54, 1.807) is 0 Å². The molecule has 3 aliphatic rings. The predicted octanol–water partition coefficient (Wildman–Crippen LogP) is 2.39. The minimum absolute atomic E-state index is 0.0665. The number of urea groups is 1. The third-order valence-corrected chi connectivity index (χ3v) is 6.78. The van der Waals surface area contributed by atoms with Gasteiger partial charge in [-0.1, -0.05) is 6.42 Å². The molecule has 2 bridgehead atoms. The summed E-state index contributed by atoms with van der Waals surface area (Å²) >= 11 is 0. The second-order valence-corrected chi connectivity index (χ2v) is 8.46. The first-order chi connectivity index (χ1) is 11.9. The molecule has 142 valence electrons. The Morgan fingerprint density at radius 2 is 2.00 bits per heavy atom. The van der Waals surface area contributed by atoms with Crippen LogP contribution in [0.3, 0.4) is 0 Å². The molecular weight excluding hydrogens is 318 g/mol. The molecule has 5 unspecified atom stereocenters. The molecular formula is C19H33N3O3. The molecule has 0 spiro atoms. The molecule has 1 heterocycles. The number of hydrogen-bond donors (Lipinski definition) is 2. The Hall–Kier alpha value is -1.30. The number of nitrogens with zero attached hydrogens (tertiary/aromatic N) is 2. The zero-order chi connectivity index (χ0) is 18.0. The molecule has 3 fully saturated rings. The number of carbonyl (C=O) groups is 2. The Balaban J connectivity index is 1.47. The second-order valence-electron chi connectivity index (χ2n) is 8.46. The second kappa shape index (κ2) is 7.94. The maximum absolute atomic E-state index is 12.7. The molecule has 0 aromatic heterocycles. The lowest BCUT2D eigenvalue weighted by Gasteiger charge is -2.31. The van der Waals surface area contributed by atoms with Gasteiger partial charge in [-0.2, -0.15) is 0 Å². The molecule has 2 saturated carbocycles. The SMILES string of the molecule is CC(NC(=O)N1CCCC(N(C)CC(=O)O)CC1)C1CC2CCC1C2. The van der Waals surface area contributed by atoms with Gasteiger partial charge in [0.2, 0.25) is 0 Å². The molecule has 2 amide bonds. The Morgan fingerprint density at radius 1 is 1.20 bits per heavy atom. The number of rotatable bonds is 5. The van der Waals surface area contributed by atoms with Gasteiger partial charge in [0.15, 0.2) is 0 Å². The maximum Gasteiger partial charge on any atom is 0.317 e. The van der Waals surface area contributed by atoms with Gasteiger partial charge in [0.1, 0.15) is 0 Å². The van der Waals surface area contributed by atoms with E-state index in [1.165, 1.54) is 25.7 Å². The summed E-state index contributed by atoms with van der Waals surface area (Å²) in [6.07, 6.45) is 8.12. The van der Waals surface area contributed by atoms with E-state index in [-0.39, 0.29) is 24.7 Å². The number of carbonyl (C=O) groups excluding carboxylic acids is 1. The highest BCUT2D eigenvalue weighted by Gasteiger charge is 2.42. The van der Waals surface area contributed by atoms with Crippen molar-refractivity contribution in [3.63, 3.8) is 0 Å². The van der Waals surface area contributed by atoms with Crippen molar-refractivity contribution in [1.82, 2.24) is 15.1 Å². The number of carboxylic acids is 1. The van der Waals surface area contributed by atoms with E-state index >= 15 is 0 Å². The summed E-state index contributed by atoms with van der Waals surface area (Å²) < 4.78 is 0. The highest BCUT2D eigenvalue weighted by molar-refractivity contribution is 5.74. The summed E-state index contributed by atoms with van der Waals surface area (Å²) in [7, 11) is 1.87. The molecule has 3 rings (SSSR count). The van der Waals surface area contributed by atoms with Crippen LogP contribution >= 0.6 is 0 Å². The van der Waals surface area contributed by atoms with Crippen molar-refractivity contribution in [2.75, 3.05) is 26.7 Å². The zero-order valence-electron chi connectivity index (χ0n) is 15.6. The largest absolute Gasteiger partial charge is 0.480 e. The van der Waals surface area contributed by atoms with Crippen LogP contribution < -0.4 is 5.32 Å². The van der Waals surface area contributed by atoms with E-state index in [4.69, 9.17) is 5.11 Å². The smallest absolute Gasteiger partial charge is 0.317 e. The number of nitrogens with one attached hydrogen (secondary N) is 1. The number of carboxylic acid groups (broad SMARTS) is 1. The van der Waals surface area contributed by atoms with E-state index in [9.17, 15) is 9.59 Å². The lowest BCUT2D eigenvalue weighted by atomic mass is 9.84. The number of fused-ring (bicyclic) bond motifs is 2. The van der Waals surface area contributed by atoms with Crippen molar-refractivity contribution in [2.24, 2.45) is 17.8 Å². The topological polar surface area (TPSA) is 72.9 Å². The van der Waals surface area contributed by atoms with Crippen molar-refractivity contribution in [2.45, 2.75) is 64.0 Å². The van der Waals surface area contributed by atoms with Crippen molar-refractivity contribution in [1.29, 1.82) is 0 Å². The van der Waals surface area contributed by atoms with Crippen LogP contribution in [0.25, 0.3) is 0 Å². The van der Waals surface area contributed by atoms with Gasteiger partial charge >= 0.3 is 12.0 Å². The Kier molecular flexibility index (Phi) is 5.87. The van der Waals surface area contributed by atoms with Gasteiger partial charge in [0.25, 0.3) is 0 Å². The van der Waals surface area contributed by atoms with E-state index in [2.05, 4.69) is 12.2 Å². The predicted molar refractivity (Wildman–Crippen MR) is 96.4 cm³/mol. The van der Waals surface area contributed by atoms with Crippen molar-refractivity contribution in [3.8, 4) is 0 Å². The monoisotopic (exact) mass is 351 g/mol. The first kappa shape index (κ1) is 18.5. The number of hydrogen-bond acceptors (Lipinski definition) is 3. The van der Waals surface area contributed by atoms with Gasteiger partial charge in [-0.25, -0.2) is 4.79 Å². The highest BCUT2D eigenvalue weighted by atomic mass is 16.4. The van der Waals surface area contributed by atoms with Gasteiger partial charge < -0.3 is 15.3 Å². The summed E-state index contributed by atoms with van der Waals surface area (Å²) in [5.74, 6) is 1.58. The molecule has 1 saturated heterocycles. The molecule has 0 aromatic carbocycles. The van der Waals surface area contributed by atoms with Gasteiger partial charge in [0.05, 0.1) is 6.54 Å². The Bertz CT molecular complexity index is 498. The van der Waals surface area contributed by atoms with Crippen molar-refractivity contribution in [3.05, 3.63) is 0 Å². The minimum atomic E-state index is -0.791. The van der Waals surface area contributed by atoms with Crippen molar-refractivity contribution >= 4 is 12.0 Å². The molecule has 2 aliphatic carbocycles. The molecule has 25 heavy (non-hydrogen) atoms. The lowest BCUT2D eigenvalue weighted by Crippen LogP contribution is -2.47. The summed E-state index contributed by atoms with van der Waals surface area (Å²) in [5, 5.41) is 12.2. The average molecular weight is 351 g/mol. The van der Waals surface area contributed by atoms with Crippen LogP contribution in [0.5, 0.6) is 0 Å². The number of aliphatic carboxylic acids is 1. The molecule has 6 nitrogen and oxygen atoms in total. The van der Waals surface area contributed by atoms with Gasteiger partial charge in [-0.15, -0.1) is 0 Å². The normalized spacial score (nSPS) is 33.3. The minimum Gasteiger partial charge on any atom is -0.480 e. The zero-order valence-corrected chi connectivity index (χ0v) is 15.6. The van der Waals surface area contributed by atoms with Crippen LogP contribution in [0, 0.1) is 17.8 Å². The molecule has 6 heteroatoms. The fourth-order valence-electron chi connectivity index (χ4n) is 5.36. The van der Waals surface area contributed by atoms with Crippen LogP contribution in [-0.4, -0.2) is 65.7 Å². The van der Waals surface area contributed by atoms with E-state index in [0.29, 0.717) is 12.5 Å². The first-order valence-corrected chi connectivity index (χ1v) is 9.91. The van der Waals surface area contributed by atoms with Crippen LogP contribution in [-0.2, 0) is 4.79 Å². The summed E-state index contributed by atoms with van der Waals surface area (Å²) in [5.41, 5.74) is 0. The summed E-state index contributed by atoms with van der Waals surface area (Å²) in [6.45, 7) is 3.72. The van der Waals surface area contributed by atoms with Gasteiger partial charge in [-0.3, -0.25) is 9.69 Å². The van der Waals surface area contributed by atoms with E-state index < -0.39 is 5.97 Å². The summed E-state index contributed by atoms with van der Waals surface area (Å²) in [6, 6.07) is 0.574. The Morgan fingerprint density at radius 3 is 2.64 bits per heavy atom. The fraction of sp³-hybridized carbons (Fsp3) is 0.895. The quantitative estimate of drug-likeness (QED) is 0.798. The summed E-state index contributed by atoms with van der Waals surface area (Å²) in [4.78, 5) is 27.4. The first-order valence-electron chi connectivity index (χ1n) is 9.91. The van der Waals surface area contributed by atoms with Gasteiger partial charge in [-0.05, 0) is 70.3 Å². The van der Waals surface area contributed by atoms with E-state index in [0.717, 1.165) is 37.6 Å². The fourth-order valence-corrected chi connectivity index (χ4v) is 5.36. The van der Waals surface area contributed by atoms with Crippen LogP contribution in [0.1, 0.15) is 51.9 Å².